The number of imidazole rings is 1. The minimum Gasteiger partial charge on any atom is -0.329 e. The first-order chi connectivity index (χ1) is 15.9. The molecule has 0 radical (unpaired) electrons. The Kier molecular flexibility index (Phi) is 6.44. The van der Waals surface area contributed by atoms with Gasteiger partial charge in [0.2, 0.25) is 0 Å². The summed E-state index contributed by atoms with van der Waals surface area (Å²) in [5.41, 5.74) is 3.48. The molecule has 1 aliphatic rings. The van der Waals surface area contributed by atoms with Crippen molar-refractivity contribution in [1.82, 2.24) is 34.8 Å². The standard InChI is InChI=1S/C21H19F3N8O.ClH/c22-21(23,24)12-27-20(33)28-15-3-1-2-13(8-15)16-10-26-17-9-14(4-6-31(16)17)19-30-29-18-11-25-5-7-32(18)19;/h1-4,6,8-10,25H,5,7,11-12H2,(H2,27,28,33);1H. The number of halogens is 4. The van der Waals surface area contributed by atoms with Crippen molar-refractivity contribution >= 4 is 29.8 Å². The second kappa shape index (κ2) is 9.31. The second-order valence-corrected chi connectivity index (χ2v) is 7.56. The van der Waals surface area contributed by atoms with Gasteiger partial charge in [-0.15, -0.1) is 22.6 Å². The summed E-state index contributed by atoms with van der Waals surface area (Å²) < 4.78 is 40.9. The van der Waals surface area contributed by atoms with Crippen LogP contribution in [0.15, 0.2) is 48.8 Å². The summed E-state index contributed by atoms with van der Waals surface area (Å²) in [6.07, 6.45) is -0.895. The Morgan fingerprint density at radius 2 is 2.00 bits per heavy atom. The first-order valence-electron chi connectivity index (χ1n) is 10.2. The van der Waals surface area contributed by atoms with Crippen LogP contribution in [0.4, 0.5) is 23.7 Å². The summed E-state index contributed by atoms with van der Waals surface area (Å²) in [7, 11) is 0. The zero-order chi connectivity index (χ0) is 23.0. The van der Waals surface area contributed by atoms with Crippen LogP contribution in [0.5, 0.6) is 0 Å². The fraction of sp³-hybridized carbons (Fsp3) is 0.238. The normalized spacial score (nSPS) is 13.3. The Balaban J connectivity index is 0.00000274. The molecule has 0 fully saturated rings. The molecule has 3 N–H and O–H groups in total. The number of carbonyl (C=O) groups excluding carboxylic acids is 1. The van der Waals surface area contributed by atoms with Crippen LogP contribution in [0.3, 0.4) is 0 Å². The molecule has 13 heteroatoms. The van der Waals surface area contributed by atoms with Gasteiger partial charge in [0.25, 0.3) is 0 Å². The van der Waals surface area contributed by atoms with Gasteiger partial charge >= 0.3 is 12.2 Å². The quantitative estimate of drug-likeness (QED) is 0.405. The lowest BCUT2D eigenvalue weighted by atomic mass is 10.1. The van der Waals surface area contributed by atoms with Crippen molar-refractivity contribution in [3.63, 3.8) is 0 Å². The Labute approximate surface area is 197 Å². The van der Waals surface area contributed by atoms with Crippen LogP contribution in [0.1, 0.15) is 5.82 Å². The van der Waals surface area contributed by atoms with Crippen LogP contribution in [0.2, 0.25) is 0 Å². The SMILES string of the molecule is Cl.O=C(NCC(F)(F)F)Nc1cccc(-c2cnc3cc(-c4nnc5n4CCNC5)ccn23)c1. The fourth-order valence-electron chi connectivity index (χ4n) is 3.75. The first kappa shape index (κ1) is 23.5. The highest BCUT2D eigenvalue weighted by Crippen LogP contribution is 2.27. The predicted molar refractivity (Wildman–Crippen MR) is 122 cm³/mol. The van der Waals surface area contributed by atoms with Gasteiger partial charge in [0, 0.05) is 36.1 Å². The molecule has 4 heterocycles. The number of rotatable bonds is 4. The highest BCUT2D eigenvalue weighted by Gasteiger charge is 2.27. The van der Waals surface area contributed by atoms with Crippen molar-refractivity contribution in [3.8, 4) is 22.6 Å². The van der Waals surface area contributed by atoms with E-state index in [1.54, 1.807) is 29.7 Å². The molecular formula is C21H20ClF3N8O. The van der Waals surface area contributed by atoms with Gasteiger partial charge in [-0.2, -0.15) is 13.2 Å². The van der Waals surface area contributed by atoms with Crippen LogP contribution in [-0.2, 0) is 13.1 Å². The number of hydrogen-bond acceptors (Lipinski definition) is 5. The van der Waals surface area contributed by atoms with Crippen molar-refractivity contribution in [2.24, 2.45) is 0 Å². The summed E-state index contributed by atoms with van der Waals surface area (Å²) in [4.78, 5) is 16.3. The van der Waals surface area contributed by atoms with E-state index in [-0.39, 0.29) is 12.4 Å². The molecule has 0 saturated heterocycles. The Morgan fingerprint density at radius 1 is 1.15 bits per heavy atom. The van der Waals surface area contributed by atoms with Crippen molar-refractivity contribution in [2.45, 2.75) is 19.3 Å². The second-order valence-electron chi connectivity index (χ2n) is 7.56. The molecule has 3 aromatic heterocycles. The molecule has 9 nitrogen and oxygen atoms in total. The third-order valence-electron chi connectivity index (χ3n) is 5.26. The van der Waals surface area contributed by atoms with Crippen LogP contribution in [0.25, 0.3) is 28.3 Å². The highest BCUT2D eigenvalue weighted by molar-refractivity contribution is 5.90. The molecule has 0 atom stereocenters. The monoisotopic (exact) mass is 492 g/mol. The van der Waals surface area contributed by atoms with Gasteiger partial charge in [0.1, 0.15) is 18.0 Å². The van der Waals surface area contributed by atoms with Crippen LogP contribution >= 0.6 is 12.4 Å². The minimum atomic E-state index is -4.48. The van der Waals surface area contributed by atoms with Gasteiger partial charge in [-0.25, -0.2) is 9.78 Å². The van der Waals surface area contributed by atoms with E-state index in [0.717, 1.165) is 41.6 Å². The summed E-state index contributed by atoms with van der Waals surface area (Å²) in [5, 5.41) is 16.0. The van der Waals surface area contributed by atoms with Gasteiger partial charge in [-0.1, -0.05) is 12.1 Å². The van der Waals surface area contributed by atoms with Gasteiger partial charge < -0.3 is 20.5 Å². The molecule has 5 rings (SSSR count). The van der Waals surface area contributed by atoms with Crippen molar-refractivity contribution in [2.75, 3.05) is 18.4 Å². The molecular weight excluding hydrogens is 473 g/mol. The molecule has 0 unspecified atom stereocenters. The van der Waals surface area contributed by atoms with E-state index in [0.29, 0.717) is 17.9 Å². The predicted octanol–water partition coefficient (Wildman–Crippen LogP) is 3.47. The van der Waals surface area contributed by atoms with E-state index in [1.807, 2.05) is 28.8 Å². The summed E-state index contributed by atoms with van der Waals surface area (Å²) >= 11 is 0. The number of pyridine rings is 1. The average molecular weight is 493 g/mol. The molecule has 0 bridgehead atoms. The number of carbonyl (C=O) groups is 1. The number of aromatic nitrogens is 5. The zero-order valence-corrected chi connectivity index (χ0v) is 18.5. The Bertz CT molecular complexity index is 1330. The van der Waals surface area contributed by atoms with E-state index < -0.39 is 18.8 Å². The maximum absolute atomic E-state index is 12.3. The lowest BCUT2D eigenvalue weighted by molar-refractivity contribution is -0.122. The molecule has 4 aromatic rings. The third-order valence-corrected chi connectivity index (χ3v) is 5.26. The van der Waals surface area contributed by atoms with E-state index in [1.165, 1.54) is 0 Å². The van der Waals surface area contributed by atoms with Crippen LogP contribution in [0, 0.1) is 0 Å². The number of amides is 2. The van der Waals surface area contributed by atoms with Gasteiger partial charge in [-0.3, -0.25) is 4.40 Å². The number of nitrogens with zero attached hydrogens (tertiary/aromatic N) is 5. The highest BCUT2D eigenvalue weighted by atomic mass is 35.5. The van der Waals surface area contributed by atoms with E-state index >= 15 is 0 Å². The number of alkyl halides is 3. The van der Waals surface area contributed by atoms with Crippen molar-refractivity contribution < 1.29 is 18.0 Å². The number of hydrogen-bond donors (Lipinski definition) is 3. The van der Waals surface area contributed by atoms with Gasteiger partial charge in [0.05, 0.1) is 18.4 Å². The summed E-state index contributed by atoms with van der Waals surface area (Å²) in [6.45, 7) is 0.923. The lowest BCUT2D eigenvalue weighted by Crippen LogP contribution is -2.36. The zero-order valence-electron chi connectivity index (χ0n) is 17.6. The average Bonchev–Trinajstić information content (AvgIpc) is 3.41. The molecule has 1 aliphatic heterocycles. The van der Waals surface area contributed by atoms with Crippen LogP contribution in [-0.4, -0.2) is 49.4 Å². The fourth-order valence-corrected chi connectivity index (χ4v) is 3.75. The maximum atomic E-state index is 12.3. The van der Waals surface area contributed by atoms with E-state index in [9.17, 15) is 18.0 Å². The molecule has 0 aliphatic carbocycles. The van der Waals surface area contributed by atoms with Crippen molar-refractivity contribution in [1.29, 1.82) is 0 Å². The summed E-state index contributed by atoms with van der Waals surface area (Å²) in [6, 6.07) is 9.74. The molecule has 0 saturated carbocycles. The number of nitrogens with one attached hydrogen (secondary N) is 3. The maximum Gasteiger partial charge on any atom is 0.405 e. The Hall–Kier alpha value is -3.64. The molecule has 34 heavy (non-hydrogen) atoms. The summed E-state index contributed by atoms with van der Waals surface area (Å²) in [5.74, 6) is 1.68. The van der Waals surface area contributed by atoms with E-state index in [4.69, 9.17) is 0 Å². The molecule has 1 aromatic carbocycles. The smallest absolute Gasteiger partial charge is 0.329 e. The Morgan fingerprint density at radius 3 is 2.82 bits per heavy atom. The van der Waals surface area contributed by atoms with Crippen molar-refractivity contribution in [3.05, 3.63) is 54.6 Å². The number of urea groups is 1. The largest absolute Gasteiger partial charge is 0.405 e. The first-order valence-corrected chi connectivity index (χ1v) is 10.2. The minimum absolute atomic E-state index is 0. The van der Waals surface area contributed by atoms with Gasteiger partial charge in [-0.05, 0) is 24.3 Å². The number of fused-ring (bicyclic) bond motifs is 2. The third kappa shape index (κ3) is 4.82. The van der Waals surface area contributed by atoms with E-state index in [2.05, 4.69) is 30.4 Å². The molecule has 2 amide bonds. The number of anilines is 1. The van der Waals surface area contributed by atoms with Crippen LogP contribution < -0.4 is 16.0 Å². The topological polar surface area (TPSA) is 101 Å². The number of benzene rings is 1. The molecule has 178 valence electrons. The molecule has 0 spiro atoms. The lowest BCUT2D eigenvalue weighted by Gasteiger charge is -2.16. The van der Waals surface area contributed by atoms with Gasteiger partial charge in [0.15, 0.2) is 5.82 Å².